The summed E-state index contributed by atoms with van der Waals surface area (Å²) in [5.41, 5.74) is 0. The van der Waals surface area contributed by atoms with Crippen LogP contribution in [0.4, 0.5) is 4.79 Å². The number of carboxylic acids is 1. The fraction of sp³-hybridized carbons (Fsp3) is 0.818. The number of sulfonamides is 1. The Morgan fingerprint density at radius 3 is 2.30 bits per heavy atom. The van der Waals surface area contributed by atoms with Crippen LogP contribution >= 0.6 is 0 Å². The van der Waals surface area contributed by atoms with Gasteiger partial charge in [0.2, 0.25) is 10.0 Å². The van der Waals surface area contributed by atoms with Crippen LogP contribution < -0.4 is 15.4 Å². The van der Waals surface area contributed by atoms with Gasteiger partial charge in [0.05, 0.1) is 5.75 Å². The monoisotopic (exact) mass is 309 g/mol. The molecule has 0 bridgehead atoms. The first kappa shape index (κ1) is 18.7. The third-order valence-corrected chi connectivity index (χ3v) is 3.80. The van der Waals surface area contributed by atoms with E-state index in [0.29, 0.717) is 6.42 Å². The summed E-state index contributed by atoms with van der Waals surface area (Å²) in [6.45, 7) is 5.54. The van der Waals surface area contributed by atoms with Crippen LogP contribution in [0.25, 0.3) is 0 Å². The van der Waals surface area contributed by atoms with E-state index in [9.17, 15) is 18.0 Å². The van der Waals surface area contributed by atoms with Gasteiger partial charge >= 0.3 is 12.0 Å². The predicted octanol–water partition coefficient (Wildman–Crippen LogP) is -0.276. The number of amides is 2. The highest BCUT2D eigenvalue weighted by atomic mass is 32.2. The maximum Gasteiger partial charge on any atom is 0.326 e. The molecule has 8 nitrogen and oxygen atoms in total. The lowest BCUT2D eigenvalue weighted by Crippen LogP contribution is -2.47. The molecule has 0 fully saturated rings. The van der Waals surface area contributed by atoms with Gasteiger partial charge in [-0.1, -0.05) is 20.8 Å². The molecule has 0 spiro atoms. The minimum Gasteiger partial charge on any atom is -0.480 e. The van der Waals surface area contributed by atoms with E-state index >= 15 is 0 Å². The third-order valence-electron chi connectivity index (χ3n) is 2.33. The van der Waals surface area contributed by atoms with Gasteiger partial charge in [0, 0.05) is 13.1 Å². The summed E-state index contributed by atoms with van der Waals surface area (Å²) in [6.07, 6.45) is 0.304. The highest BCUT2D eigenvalue weighted by Crippen LogP contribution is 2.04. The van der Waals surface area contributed by atoms with Gasteiger partial charge in [0.25, 0.3) is 0 Å². The van der Waals surface area contributed by atoms with Crippen LogP contribution in [0.5, 0.6) is 0 Å². The van der Waals surface area contributed by atoms with Crippen LogP contribution in [0, 0.1) is 5.92 Å². The number of hydrogen-bond acceptors (Lipinski definition) is 4. The largest absolute Gasteiger partial charge is 0.480 e. The minimum atomic E-state index is -3.40. The average molecular weight is 309 g/mol. The molecule has 0 rings (SSSR count). The Bertz CT molecular complexity index is 422. The second-order valence-electron chi connectivity index (χ2n) is 4.74. The minimum absolute atomic E-state index is 0.0881. The first-order valence-corrected chi connectivity index (χ1v) is 8.07. The SMILES string of the molecule is CCNS(=O)(=O)CCNC(=O)N[C@@H](CC(C)C)C(=O)O. The fourth-order valence-corrected chi connectivity index (χ4v) is 2.45. The molecule has 4 N–H and O–H groups in total. The molecule has 0 saturated carbocycles. The Morgan fingerprint density at radius 1 is 1.25 bits per heavy atom. The normalized spacial score (nSPS) is 13.0. The molecule has 0 aliphatic carbocycles. The Morgan fingerprint density at radius 2 is 1.85 bits per heavy atom. The second-order valence-corrected chi connectivity index (χ2v) is 6.66. The summed E-state index contributed by atoms with van der Waals surface area (Å²) < 4.78 is 24.9. The van der Waals surface area contributed by atoms with Crippen molar-refractivity contribution in [3.05, 3.63) is 0 Å². The maximum atomic E-state index is 11.5. The molecule has 0 aromatic heterocycles. The molecule has 0 radical (unpaired) electrons. The van der Waals surface area contributed by atoms with Crippen molar-refractivity contribution >= 4 is 22.0 Å². The number of carbonyl (C=O) groups excluding carboxylic acids is 1. The van der Waals surface area contributed by atoms with E-state index in [0.717, 1.165) is 0 Å². The van der Waals surface area contributed by atoms with E-state index in [1.54, 1.807) is 6.92 Å². The van der Waals surface area contributed by atoms with Crippen molar-refractivity contribution in [3.8, 4) is 0 Å². The van der Waals surface area contributed by atoms with E-state index in [-0.39, 0.29) is 24.8 Å². The van der Waals surface area contributed by atoms with Crippen molar-refractivity contribution in [2.24, 2.45) is 5.92 Å². The maximum absolute atomic E-state index is 11.5. The molecule has 0 unspecified atom stereocenters. The van der Waals surface area contributed by atoms with Gasteiger partial charge in [-0.3, -0.25) is 0 Å². The Balaban J connectivity index is 4.18. The molecule has 0 heterocycles. The quantitative estimate of drug-likeness (QED) is 0.466. The standard InChI is InChI=1S/C11H23N3O5S/c1-4-13-20(18,19)6-5-12-11(17)14-9(10(15)16)7-8(2)3/h8-9,13H,4-7H2,1-3H3,(H,15,16)(H2,12,14,17)/t9-/m0/s1. The Hall–Kier alpha value is -1.35. The van der Waals surface area contributed by atoms with E-state index < -0.39 is 28.1 Å². The fourth-order valence-electron chi connectivity index (χ4n) is 1.49. The van der Waals surface area contributed by atoms with Gasteiger partial charge in [-0.15, -0.1) is 0 Å². The van der Waals surface area contributed by atoms with E-state index in [4.69, 9.17) is 5.11 Å². The first-order chi connectivity index (χ1) is 9.18. The summed E-state index contributed by atoms with van der Waals surface area (Å²) >= 11 is 0. The van der Waals surface area contributed by atoms with Gasteiger partial charge in [-0.05, 0) is 12.3 Å². The average Bonchev–Trinajstić information content (AvgIpc) is 2.26. The van der Waals surface area contributed by atoms with E-state index in [2.05, 4.69) is 15.4 Å². The van der Waals surface area contributed by atoms with Crippen LogP contribution in [0.3, 0.4) is 0 Å². The van der Waals surface area contributed by atoms with Crippen LogP contribution in [-0.2, 0) is 14.8 Å². The number of hydrogen-bond donors (Lipinski definition) is 4. The van der Waals surface area contributed by atoms with Crippen molar-refractivity contribution in [2.75, 3.05) is 18.8 Å². The Kier molecular flexibility index (Phi) is 8.16. The lowest BCUT2D eigenvalue weighted by molar-refractivity contribution is -0.139. The summed E-state index contributed by atoms with van der Waals surface area (Å²) in [4.78, 5) is 22.4. The second kappa shape index (κ2) is 8.75. The summed E-state index contributed by atoms with van der Waals surface area (Å²) in [5, 5.41) is 13.6. The van der Waals surface area contributed by atoms with Crippen LogP contribution in [0.2, 0.25) is 0 Å². The number of carboxylic acid groups (broad SMARTS) is 1. The molecular formula is C11H23N3O5S. The van der Waals surface area contributed by atoms with Crippen molar-refractivity contribution in [2.45, 2.75) is 33.2 Å². The first-order valence-electron chi connectivity index (χ1n) is 6.42. The molecule has 9 heteroatoms. The highest BCUT2D eigenvalue weighted by Gasteiger charge is 2.21. The van der Waals surface area contributed by atoms with Gasteiger partial charge in [0.1, 0.15) is 6.04 Å². The van der Waals surface area contributed by atoms with Crippen LogP contribution in [-0.4, -0.2) is 50.4 Å². The molecule has 2 amide bonds. The molecule has 0 aliphatic heterocycles. The van der Waals surface area contributed by atoms with Crippen LogP contribution in [0.1, 0.15) is 27.2 Å². The molecule has 118 valence electrons. The number of nitrogens with one attached hydrogen (secondary N) is 3. The molecular weight excluding hydrogens is 286 g/mol. The summed E-state index contributed by atoms with van der Waals surface area (Å²) in [7, 11) is -3.40. The summed E-state index contributed by atoms with van der Waals surface area (Å²) in [5.74, 6) is -1.25. The Labute approximate surface area is 119 Å². The number of carbonyl (C=O) groups is 2. The molecule has 0 saturated heterocycles. The lowest BCUT2D eigenvalue weighted by Gasteiger charge is -2.16. The third kappa shape index (κ3) is 8.70. The molecule has 20 heavy (non-hydrogen) atoms. The van der Waals surface area contributed by atoms with Gasteiger partial charge in [-0.25, -0.2) is 22.7 Å². The molecule has 0 aromatic rings. The number of aliphatic carboxylic acids is 1. The van der Waals surface area contributed by atoms with Gasteiger partial charge < -0.3 is 15.7 Å². The van der Waals surface area contributed by atoms with Crippen molar-refractivity contribution < 1.29 is 23.1 Å². The smallest absolute Gasteiger partial charge is 0.326 e. The highest BCUT2D eigenvalue weighted by molar-refractivity contribution is 7.89. The summed E-state index contributed by atoms with van der Waals surface area (Å²) in [6, 6.07) is -1.68. The van der Waals surface area contributed by atoms with Crippen molar-refractivity contribution in [1.29, 1.82) is 0 Å². The molecule has 0 aliphatic rings. The zero-order chi connectivity index (χ0) is 15.8. The number of rotatable bonds is 9. The predicted molar refractivity (Wildman–Crippen MR) is 74.9 cm³/mol. The molecule has 0 aromatic carbocycles. The van der Waals surface area contributed by atoms with Gasteiger partial charge in [-0.2, -0.15) is 0 Å². The zero-order valence-electron chi connectivity index (χ0n) is 12.0. The molecule has 1 atom stereocenters. The number of urea groups is 1. The van der Waals surface area contributed by atoms with Crippen LogP contribution in [0.15, 0.2) is 0 Å². The van der Waals surface area contributed by atoms with Gasteiger partial charge in [0.15, 0.2) is 0 Å². The van der Waals surface area contributed by atoms with E-state index in [1.807, 2.05) is 13.8 Å². The van der Waals surface area contributed by atoms with Crippen molar-refractivity contribution in [1.82, 2.24) is 15.4 Å². The zero-order valence-corrected chi connectivity index (χ0v) is 12.8. The lowest BCUT2D eigenvalue weighted by atomic mass is 10.0. The van der Waals surface area contributed by atoms with Crippen molar-refractivity contribution in [3.63, 3.8) is 0 Å². The van der Waals surface area contributed by atoms with E-state index in [1.165, 1.54) is 0 Å². The topological polar surface area (TPSA) is 125 Å².